The maximum absolute atomic E-state index is 9.79. The Morgan fingerprint density at radius 2 is 1.89 bits per heavy atom. The highest BCUT2D eigenvalue weighted by molar-refractivity contribution is 5.56. The minimum atomic E-state index is -1.43. The minimum Gasteiger partial charge on any atom is -0.428 e. The summed E-state index contributed by atoms with van der Waals surface area (Å²) in [5, 5.41) is 9.79. The van der Waals surface area contributed by atoms with Crippen LogP contribution in [0.1, 0.15) is 26.7 Å². The SMILES string of the molecule is CCC(CC)OC([O])=O. The summed E-state index contributed by atoms with van der Waals surface area (Å²) in [5.41, 5.74) is 0. The van der Waals surface area contributed by atoms with Gasteiger partial charge in [-0.3, -0.25) is 0 Å². The molecule has 0 rings (SSSR count). The molecule has 0 aromatic heterocycles. The highest BCUT2D eigenvalue weighted by Gasteiger charge is 2.08. The van der Waals surface area contributed by atoms with Crippen LogP contribution in [0.5, 0.6) is 0 Å². The van der Waals surface area contributed by atoms with Crippen LogP contribution in [0.15, 0.2) is 0 Å². The molecular formula is C6H11O3. The Bertz CT molecular complexity index is 86.3. The lowest BCUT2D eigenvalue weighted by atomic mass is 10.2. The van der Waals surface area contributed by atoms with Gasteiger partial charge in [0, 0.05) is 0 Å². The van der Waals surface area contributed by atoms with Gasteiger partial charge in [-0.15, -0.1) is 0 Å². The van der Waals surface area contributed by atoms with E-state index in [0.29, 0.717) is 12.8 Å². The van der Waals surface area contributed by atoms with Gasteiger partial charge in [0.25, 0.3) is 0 Å². The summed E-state index contributed by atoms with van der Waals surface area (Å²) in [5.74, 6) is 0. The zero-order valence-electron chi connectivity index (χ0n) is 5.72. The molecule has 0 aliphatic carbocycles. The fraction of sp³-hybridized carbons (Fsp3) is 0.833. The predicted octanol–water partition coefficient (Wildman–Crippen LogP) is 1.74. The molecule has 0 saturated heterocycles. The van der Waals surface area contributed by atoms with E-state index >= 15 is 0 Å². The van der Waals surface area contributed by atoms with Gasteiger partial charge in [-0.1, -0.05) is 13.8 Å². The largest absolute Gasteiger partial charge is 0.550 e. The Kier molecular flexibility index (Phi) is 3.84. The van der Waals surface area contributed by atoms with Crippen LogP contribution in [0.25, 0.3) is 0 Å². The van der Waals surface area contributed by atoms with Crippen molar-refractivity contribution in [2.45, 2.75) is 32.8 Å². The van der Waals surface area contributed by atoms with Crippen molar-refractivity contribution in [2.75, 3.05) is 0 Å². The first-order valence-electron chi connectivity index (χ1n) is 3.08. The van der Waals surface area contributed by atoms with Crippen molar-refractivity contribution in [3.63, 3.8) is 0 Å². The Labute approximate surface area is 54.6 Å². The molecule has 0 aromatic rings. The standard InChI is InChI=1S/C6H11O3/c1-3-5(4-2)9-6(7)8/h5H,3-4H2,1-2H3. The monoisotopic (exact) mass is 131 g/mol. The molecule has 0 aliphatic heterocycles. The number of carbonyl (C=O) groups excluding carboxylic acids is 1. The molecule has 0 aromatic carbocycles. The first-order valence-corrected chi connectivity index (χ1v) is 3.08. The third-order valence-corrected chi connectivity index (χ3v) is 1.17. The van der Waals surface area contributed by atoms with Crippen LogP contribution in [0.4, 0.5) is 4.79 Å². The van der Waals surface area contributed by atoms with E-state index < -0.39 is 6.16 Å². The van der Waals surface area contributed by atoms with E-state index in [1.54, 1.807) is 0 Å². The summed E-state index contributed by atoms with van der Waals surface area (Å²) in [6.07, 6.45) is -0.187. The summed E-state index contributed by atoms with van der Waals surface area (Å²) < 4.78 is 4.35. The summed E-state index contributed by atoms with van der Waals surface area (Å²) >= 11 is 0. The van der Waals surface area contributed by atoms with Crippen LogP contribution >= 0.6 is 0 Å². The summed E-state index contributed by atoms with van der Waals surface area (Å²) in [4.78, 5) is 9.79. The van der Waals surface area contributed by atoms with Crippen molar-refractivity contribution < 1.29 is 14.6 Å². The van der Waals surface area contributed by atoms with Crippen molar-refractivity contribution in [3.05, 3.63) is 0 Å². The number of ether oxygens (including phenoxy) is 1. The van der Waals surface area contributed by atoms with Crippen LogP contribution < -0.4 is 0 Å². The first kappa shape index (κ1) is 8.27. The quantitative estimate of drug-likeness (QED) is 0.547. The molecule has 9 heavy (non-hydrogen) atoms. The van der Waals surface area contributed by atoms with Gasteiger partial charge >= 0.3 is 6.16 Å². The molecule has 0 saturated carbocycles. The molecule has 0 spiro atoms. The van der Waals surface area contributed by atoms with E-state index in [2.05, 4.69) is 4.74 Å². The molecule has 1 radical (unpaired) electrons. The van der Waals surface area contributed by atoms with E-state index in [1.165, 1.54) is 0 Å². The molecule has 3 nitrogen and oxygen atoms in total. The molecular weight excluding hydrogens is 120 g/mol. The number of rotatable bonds is 3. The van der Waals surface area contributed by atoms with Crippen LogP contribution in [-0.4, -0.2) is 12.3 Å². The third-order valence-electron chi connectivity index (χ3n) is 1.17. The maximum atomic E-state index is 9.79. The highest BCUT2D eigenvalue weighted by Crippen LogP contribution is 2.01. The molecule has 0 N–H and O–H groups in total. The summed E-state index contributed by atoms with van der Waals surface area (Å²) in [6.45, 7) is 3.74. The Hall–Kier alpha value is -0.730. The van der Waals surface area contributed by atoms with Gasteiger partial charge in [0.2, 0.25) is 0 Å². The average molecular weight is 131 g/mol. The van der Waals surface area contributed by atoms with Gasteiger partial charge in [-0.05, 0) is 12.8 Å². The molecule has 0 unspecified atom stereocenters. The zero-order valence-corrected chi connectivity index (χ0v) is 5.72. The molecule has 0 atom stereocenters. The van der Waals surface area contributed by atoms with E-state index in [0.717, 1.165) is 0 Å². The van der Waals surface area contributed by atoms with Gasteiger partial charge in [0.15, 0.2) is 0 Å². The second-order valence-electron chi connectivity index (χ2n) is 1.81. The smallest absolute Gasteiger partial charge is 0.428 e. The molecule has 53 valence electrons. The fourth-order valence-electron chi connectivity index (χ4n) is 0.591. The number of hydrogen-bond donors (Lipinski definition) is 0. The summed E-state index contributed by atoms with van der Waals surface area (Å²) in [7, 11) is 0. The molecule has 0 fully saturated rings. The first-order chi connectivity index (χ1) is 4.20. The van der Waals surface area contributed by atoms with Crippen molar-refractivity contribution in [2.24, 2.45) is 0 Å². The van der Waals surface area contributed by atoms with Crippen LogP contribution in [0, 0.1) is 0 Å². The van der Waals surface area contributed by atoms with E-state index in [9.17, 15) is 9.90 Å². The van der Waals surface area contributed by atoms with Crippen LogP contribution in [0.2, 0.25) is 0 Å². The van der Waals surface area contributed by atoms with Gasteiger partial charge < -0.3 is 4.74 Å². The Morgan fingerprint density at radius 3 is 2.00 bits per heavy atom. The second kappa shape index (κ2) is 4.18. The number of carbonyl (C=O) groups is 1. The van der Waals surface area contributed by atoms with Gasteiger partial charge in [-0.2, -0.15) is 9.90 Å². The summed E-state index contributed by atoms with van der Waals surface area (Å²) in [6, 6.07) is 0. The Morgan fingerprint density at radius 1 is 1.44 bits per heavy atom. The minimum absolute atomic E-state index is 0.185. The Balaban J connectivity index is 3.43. The number of hydrogen-bond acceptors (Lipinski definition) is 2. The topological polar surface area (TPSA) is 46.2 Å². The van der Waals surface area contributed by atoms with E-state index in [4.69, 9.17) is 0 Å². The molecule has 0 aliphatic rings. The lowest BCUT2D eigenvalue weighted by Gasteiger charge is -2.08. The van der Waals surface area contributed by atoms with Crippen molar-refractivity contribution in [1.29, 1.82) is 0 Å². The maximum Gasteiger partial charge on any atom is 0.550 e. The van der Waals surface area contributed by atoms with Crippen molar-refractivity contribution in [3.8, 4) is 0 Å². The van der Waals surface area contributed by atoms with E-state index in [1.807, 2.05) is 13.8 Å². The third kappa shape index (κ3) is 3.82. The van der Waals surface area contributed by atoms with Gasteiger partial charge in [0.05, 0.1) is 0 Å². The van der Waals surface area contributed by atoms with Crippen molar-refractivity contribution >= 4 is 6.16 Å². The highest BCUT2D eigenvalue weighted by atomic mass is 16.7. The van der Waals surface area contributed by atoms with Gasteiger partial charge in [0.1, 0.15) is 6.10 Å². The van der Waals surface area contributed by atoms with Crippen LogP contribution in [-0.2, 0) is 9.84 Å². The van der Waals surface area contributed by atoms with Gasteiger partial charge in [-0.25, -0.2) is 0 Å². The molecule has 3 heteroatoms. The average Bonchev–Trinajstić information content (AvgIpc) is 1.82. The predicted molar refractivity (Wildman–Crippen MR) is 31.5 cm³/mol. The zero-order chi connectivity index (χ0) is 7.28. The molecule has 0 bridgehead atoms. The molecule has 0 heterocycles. The lowest BCUT2D eigenvalue weighted by molar-refractivity contribution is 0.0295. The van der Waals surface area contributed by atoms with E-state index in [-0.39, 0.29) is 6.10 Å². The lowest BCUT2D eigenvalue weighted by Crippen LogP contribution is -2.13. The van der Waals surface area contributed by atoms with Crippen LogP contribution in [0.3, 0.4) is 0 Å². The second-order valence-corrected chi connectivity index (χ2v) is 1.81. The fourth-order valence-corrected chi connectivity index (χ4v) is 0.591. The normalized spacial score (nSPS) is 9.67. The molecule has 0 amide bonds. The van der Waals surface area contributed by atoms with Crippen molar-refractivity contribution in [1.82, 2.24) is 0 Å².